The summed E-state index contributed by atoms with van der Waals surface area (Å²) in [6.45, 7) is 0. The second kappa shape index (κ2) is 6.17. The molecule has 0 saturated carbocycles. The summed E-state index contributed by atoms with van der Waals surface area (Å²) < 4.78 is 54.1. The molecule has 8 heteroatoms. The van der Waals surface area contributed by atoms with Crippen molar-refractivity contribution in [2.75, 3.05) is 0 Å². The number of benzene rings is 2. The molecule has 2 aromatic rings. The van der Waals surface area contributed by atoms with E-state index >= 15 is 0 Å². The van der Waals surface area contributed by atoms with Crippen molar-refractivity contribution >= 4 is 33.3 Å². The normalized spacial score (nSPS) is 11.4. The maximum atomic E-state index is 13.0. The lowest BCUT2D eigenvalue weighted by molar-refractivity contribution is 0.471. The standard InChI is InChI=1S/C13H8Cl2F2O3S/c14-10-3-1-8(5-11(10)15)7-21(18,19)20-9-2-4-12(16)13(17)6-9/h1-6H,7H2. The molecule has 0 bridgehead atoms. The lowest BCUT2D eigenvalue weighted by atomic mass is 10.2. The highest BCUT2D eigenvalue weighted by atomic mass is 35.5. The van der Waals surface area contributed by atoms with Crippen LogP contribution in [-0.4, -0.2) is 8.42 Å². The molecular formula is C13H8Cl2F2O3S. The van der Waals surface area contributed by atoms with Crippen LogP contribution in [0.15, 0.2) is 36.4 Å². The molecule has 0 aliphatic carbocycles. The van der Waals surface area contributed by atoms with Gasteiger partial charge in [0.2, 0.25) is 0 Å². The minimum absolute atomic E-state index is 0.206. The van der Waals surface area contributed by atoms with Crippen LogP contribution in [0.5, 0.6) is 5.75 Å². The summed E-state index contributed by atoms with van der Waals surface area (Å²) in [5.74, 6) is -3.08. The zero-order chi connectivity index (χ0) is 15.6. The van der Waals surface area contributed by atoms with E-state index in [-0.39, 0.29) is 10.8 Å². The molecule has 0 fully saturated rings. The van der Waals surface area contributed by atoms with E-state index in [4.69, 9.17) is 27.4 Å². The van der Waals surface area contributed by atoms with E-state index in [9.17, 15) is 17.2 Å². The van der Waals surface area contributed by atoms with Crippen LogP contribution in [0.4, 0.5) is 8.78 Å². The van der Waals surface area contributed by atoms with Gasteiger partial charge in [0.05, 0.1) is 10.0 Å². The number of rotatable bonds is 4. The third-order valence-corrected chi connectivity index (χ3v) is 4.31. The van der Waals surface area contributed by atoms with Crippen LogP contribution in [-0.2, 0) is 15.9 Å². The lowest BCUT2D eigenvalue weighted by Crippen LogP contribution is -2.12. The Morgan fingerprint density at radius 2 is 1.67 bits per heavy atom. The summed E-state index contributed by atoms with van der Waals surface area (Å²) in [7, 11) is -4.04. The second-order valence-corrected chi connectivity index (χ2v) is 6.49. The van der Waals surface area contributed by atoms with Crippen LogP contribution in [0, 0.1) is 11.6 Å². The lowest BCUT2D eigenvalue weighted by Gasteiger charge is -2.08. The third kappa shape index (κ3) is 4.30. The van der Waals surface area contributed by atoms with Crippen molar-refractivity contribution in [2.45, 2.75) is 5.75 Å². The van der Waals surface area contributed by atoms with Gasteiger partial charge in [-0.05, 0) is 29.8 Å². The van der Waals surface area contributed by atoms with Gasteiger partial charge in [0.1, 0.15) is 11.5 Å². The van der Waals surface area contributed by atoms with Gasteiger partial charge >= 0.3 is 10.1 Å². The smallest absolute Gasteiger partial charge is 0.313 e. The van der Waals surface area contributed by atoms with E-state index in [1.54, 1.807) is 0 Å². The first-order chi connectivity index (χ1) is 9.77. The Hall–Kier alpha value is -1.37. The molecule has 0 radical (unpaired) electrons. The predicted molar refractivity (Wildman–Crippen MR) is 76.1 cm³/mol. The van der Waals surface area contributed by atoms with E-state index in [2.05, 4.69) is 0 Å². The highest BCUT2D eigenvalue weighted by Gasteiger charge is 2.16. The van der Waals surface area contributed by atoms with Crippen molar-refractivity contribution in [3.05, 3.63) is 63.6 Å². The van der Waals surface area contributed by atoms with Gasteiger partial charge in [-0.1, -0.05) is 29.3 Å². The highest BCUT2D eigenvalue weighted by molar-refractivity contribution is 7.86. The minimum Gasteiger partial charge on any atom is -0.382 e. The van der Waals surface area contributed by atoms with Crippen LogP contribution < -0.4 is 4.18 Å². The Morgan fingerprint density at radius 3 is 2.29 bits per heavy atom. The molecule has 3 nitrogen and oxygen atoms in total. The van der Waals surface area contributed by atoms with Crippen molar-refractivity contribution in [1.82, 2.24) is 0 Å². The van der Waals surface area contributed by atoms with Gasteiger partial charge in [0.25, 0.3) is 0 Å². The van der Waals surface area contributed by atoms with Crippen LogP contribution in [0.1, 0.15) is 5.56 Å². The predicted octanol–water partition coefficient (Wildman–Crippen LogP) is 4.18. The first kappa shape index (κ1) is 16.0. The van der Waals surface area contributed by atoms with E-state index in [1.165, 1.54) is 18.2 Å². The summed E-state index contributed by atoms with van der Waals surface area (Å²) in [5, 5.41) is 0.497. The maximum absolute atomic E-state index is 13.0. The van der Waals surface area contributed by atoms with Crippen LogP contribution in [0.25, 0.3) is 0 Å². The van der Waals surface area contributed by atoms with Crippen LogP contribution in [0.3, 0.4) is 0 Å². The Labute approximate surface area is 130 Å². The van der Waals surface area contributed by atoms with Gasteiger partial charge in [-0.3, -0.25) is 0 Å². The van der Waals surface area contributed by atoms with Crippen LogP contribution in [0.2, 0.25) is 10.0 Å². The Morgan fingerprint density at radius 1 is 0.952 bits per heavy atom. The number of hydrogen-bond acceptors (Lipinski definition) is 3. The molecule has 0 saturated heterocycles. The maximum Gasteiger partial charge on any atom is 0.313 e. The van der Waals surface area contributed by atoms with Gasteiger partial charge in [-0.25, -0.2) is 8.78 Å². The molecule has 21 heavy (non-hydrogen) atoms. The first-order valence-electron chi connectivity index (χ1n) is 5.58. The average molecular weight is 353 g/mol. The van der Waals surface area contributed by atoms with Crippen molar-refractivity contribution < 1.29 is 21.4 Å². The largest absolute Gasteiger partial charge is 0.382 e. The minimum atomic E-state index is -4.04. The summed E-state index contributed by atoms with van der Waals surface area (Å²) in [5.41, 5.74) is 0.354. The zero-order valence-electron chi connectivity index (χ0n) is 10.3. The Balaban J connectivity index is 2.18. The molecule has 0 atom stereocenters. The van der Waals surface area contributed by atoms with Crippen molar-refractivity contribution in [1.29, 1.82) is 0 Å². The van der Waals surface area contributed by atoms with E-state index in [1.807, 2.05) is 0 Å². The quantitative estimate of drug-likeness (QED) is 0.775. The van der Waals surface area contributed by atoms with Gasteiger partial charge in [0, 0.05) is 6.07 Å². The van der Waals surface area contributed by atoms with Crippen molar-refractivity contribution in [2.24, 2.45) is 0 Å². The fraction of sp³-hybridized carbons (Fsp3) is 0.0769. The molecule has 0 amide bonds. The van der Waals surface area contributed by atoms with Crippen molar-refractivity contribution in [3.63, 3.8) is 0 Å². The average Bonchev–Trinajstić information content (AvgIpc) is 2.37. The molecule has 0 N–H and O–H groups in total. The van der Waals surface area contributed by atoms with Crippen molar-refractivity contribution in [3.8, 4) is 5.75 Å². The first-order valence-corrected chi connectivity index (χ1v) is 7.91. The third-order valence-electron chi connectivity index (χ3n) is 2.44. The highest BCUT2D eigenvalue weighted by Crippen LogP contribution is 2.24. The summed E-state index contributed by atoms with van der Waals surface area (Å²) in [6, 6.07) is 6.76. The fourth-order valence-electron chi connectivity index (χ4n) is 1.54. The van der Waals surface area contributed by atoms with Gasteiger partial charge < -0.3 is 4.18 Å². The fourth-order valence-corrected chi connectivity index (χ4v) is 2.90. The molecule has 2 rings (SSSR count). The zero-order valence-corrected chi connectivity index (χ0v) is 12.6. The molecule has 2 aromatic carbocycles. The molecule has 0 aliphatic heterocycles. The molecule has 0 aromatic heterocycles. The monoisotopic (exact) mass is 352 g/mol. The van der Waals surface area contributed by atoms with Gasteiger partial charge in [0.15, 0.2) is 11.6 Å². The van der Waals surface area contributed by atoms with Crippen LogP contribution >= 0.6 is 23.2 Å². The molecule has 0 unspecified atom stereocenters. The number of halogens is 4. The topological polar surface area (TPSA) is 43.4 Å². The number of hydrogen-bond donors (Lipinski definition) is 0. The summed E-state index contributed by atoms with van der Waals surface area (Å²) >= 11 is 11.5. The Kier molecular flexibility index (Phi) is 4.70. The molecule has 112 valence electrons. The molecule has 0 spiro atoms. The molecule has 0 aliphatic rings. The van der Waals surface area contributed by atoms with E-state index in [0.717, 1.165) is 12.1 Å². The van der Waals surface area contributed by atoms with E-state index < -0.39 is 27.5 Å². The summed E-state index contributed by atoms with van der Waals surface area (Å²) in [6.07, 6.45) is 0. The van der Waals surface area contributed by atoms with E-state index in [0.29, 0.717) is 16.7 Å². The molecular weight excluding hydrogens is 345 g/mol. The second-order valence-electron chi connectivity index (χ2n) is 4.11. The van der Waals surface area contributed by atoms with Gasteiger partial charge in [-0.2, -0.15) is 8.42 Å². The summed E-state index contributed by atoms with van der Waals surface area (Å²) in [4.78, 5) is 0. The SMILES string of the molecule is O=S(=O)(Cc1ccc(Cl)c(Cl)c1)Oc1ccc(F)c(F)c1. The van der Waals surface area contributed by atoms with Gasteiger partial charge in [-0.15, -0.1) is 0 Å². The molecule has 0 heterocycles. The Bertz CT molecular complexity index is 719.